The highest BCUT2D eigenvalue weighted by atomic mass is 16.5. The van der Waals surface area contributed by atoms with E-state index in [9.17, 15) is 4.79 Å². The number of benzene rings is 2. The van der Waals surface area contributed by atoms with Crippen LogP contribution in [-0.2, 0) is 11.3 Å². The second-order valence-electron chi connectivity index (χ2n) is 5.96. The minimum atomic E-state index is -0.289. The number of aromatic nitrogens is 2. The molecular weight excluding hydrogens is 362 g/mol. The molecule has 0 radical (unpaired) electrons. The first-order valence-electron chi connectivity index (χ1n) is 8.60. The highest BCUT2D eigenvalue weighted by Crippen LogP contribution is 2.31. The minimum absolute atomic E-state index is 0.0988. The van der Waals surface area contributed by atoms with Crippen LogP contribution < -0.4 is 19.5 Å². The molecule has 28 heavy (non-hydrogen) atoms. The number of carbonyl (C=O) groups is 1. The van der Waals surface area contributed by atoms with Crippen molar-refractivity contribution in [2.45, 2.75) is 13.5 Å². The van der Waals surface area contributed by atoms with E-state index in [-0.39, 0.29) is 24.9 Å². The zero-order valence-corrected chi connectivity index (χ0v) is 15.9. The van der Waals surface area contributed by atoms with Crippen molar-refractivity contribution in [1.82, 2.24) is 15.5 Å². The number of aryl methyl sites for hydroxylation is 1. The Kier molecular flexibility index (Phi) is 6.11. The number of carbonyl (C=O) groups excluding carboxylic acids is 1. The van der Waals surface area contributed by atoms with Crippen LogP contribution in [0.15, 0.2) is 47.0 Å². The third-order valence-electron chi connectivity index (χ3n) is 3.95. The number of ether oxygens (including phenoxy) is 3. The van der Waals surface area contributed by atoms with E-state index < -0.39 is 0 Å². The van der Waals surface area contributed by atoms with E-state index in [1.54, 1.807) is 32.4 Å². The van der Waals surface area contributed by atoms with Gasteiger partial charge in [-0.3, -0.25) is 4.79 Å². The molecule has 0 fully saturated rings. The molecule has 1 amide bonds. The molecule has 2 aromatic carbocycles. The van der Waals surface area contributed by atoms with Gasteiger partial charge in [0.15, 0.2) is 6.61 Å². The maximum Gasteiger partial charge on any atom is 0.258 e. The van der Waals surface area contributed by atoms with Gasteiger partial charge in [0.1, 0.15) is 17.2 Å². The fourth-order valence-corrected chi connectivity index (χ4v) is 2.43. The Morgan fingerprint density at radius 3 is 2.54 bits per heavy atom. The van der Waals surface area contributed by atoms with E-state index >= 15 is 0 Å². The summed E-state index contributed by atoms with van der Waals surface area (Å²) in [5.41, 5.74) is 1.78. The molecule has 3 aromatic rings. The van der Waals surface area contributed by atoms with E-state index in [1.165, 1.54) is 0 Å². The maximum absolute atomic E-state index is 11.9. The number of hydrogen-bond acceptors (Lipinski definition) is 7. The van der Waals surface area contributed by atoms with Crippen molar-refractivity contribution in [1.29, 1.82) is 0 Å². The zero-order valence-electron chi connectivity index (χ0n) is 15.9. The van der Waals surface area contributed by atoms with Crippen molar-refractivity contribution < 1.29 is 23.5 Å². The lowest BCUT2D eigenvalue weighted by molar-refractivity contribution is -0.123. The van der Waals surface area contributed by atoms with Gasteiger partial charge < -0.3 is 24.1 Å². The summed E-state index contributed by atoms with van der Waals surface area (Å²) < 4.78 is 21.1. The summed E-state index contributed by atoms with van der Waals surface area (Å²) in [6.07, 6.45) is 0. The Morgan fingerprint density at radius 1 is 1.07 bits per heavy atom. The normalized spacial score (nSPS) is 10.4. The number of hydrogen-bond donors (Lipinski definition) is 1. The van der Waals surface area contributed by atoms with Crippen LogP contribution in [0.2, 0.25) is 0 Å². The van der Waals surface area contributed by atoms with Crippen molar-refractivity contribution in [3.8, 4) is 28.6 Å². The number of rotatable bonds is 8. The van der Waals surface area contributed by atoms with Gasteiger partial charge in [0, 0.05) is 6.07 Å². The van der Waals surface area contributed by atoms with Gasteiger partial charge in [-0.2, -0.15) is 4.98 Å². The van der Waals surface area contributed by atoms with E-state index in [2.05, 4.69) is 15.5 Å². The van der Waals surface area contributed by atoms with Gasteiger partial charge in [-0.25, -0.2) is 0 Å². The summed E-state index contributed by atoms with van der Waals surface area (Å²) in [4.78, 5) is 16.2. The summed E-state index contributed by atoms with van der Waals surface area (Å²) in [5.74, 6) is 2.19. The van der Waals surface area contributed by atoms with Crippen LogP contribution in [0, 0.1) is 6.92 Å². The lowest BCUT2D eigenvalue weighted by atomic mass is 10.2. The van der Waals surface area contributed by atoms with Gasteiger partial charge in [0.25, 0.3) is 5.91 Å². The molecule has 0 atom stereocenters. The quantitative estimate of drug-likeness (QED) is 0.639. The Hall–Kier alpha value is -3.55. The van der Waals surface area contributed by atoms with Gasteiger partial charge in [0.05, 0.1) is 26.3 Å². The topological polar surface area (TPSA) is 95.7 Å². The Labute approximate surface area is 162 Å². The van der Waals surface area contributed by atoms with E-state index in [1.807, 2.05) is 31.2 Å². The van der Waals surface area contributed by atoms with E-state index in [0.717, 1.165) is 5.56 Å². The Morgan fingerprint density at radius 2 is 1.82 bits per heavy atom. The predicted octanol–water partition coefficient (Wildman–Crippen LogP) is 2.76. The Balaban J connectivity index is 1.56. The lowest BCUT2D eigenvalue weighted by Crippen LogP contribution is -2.28. The van der Waals surface area contributed by atoms with Gasteiger partial charge in [0.2, 0.25) is 11.7 Å². The van der Waals surface area contributed by atoms with Gasteiger partial charge in [-0.15, -0.1) is 0 Å². The lowest BCUT2D eigenvalue weighted by Gasteiger charge is -2.07. The molecule has 1 heterocycles. The highest BCUT2D eigenvalue weighted by molar-refractivity contribution is 5.77. The van der Waals surface area contributed by atoms with Crippen LogP contribution >= 0.6 is 0 Å². The average molecular weight is 383 g/mol. The third-order valence-corrected chi connectivity index (χ3v) is 3.95. The van der Waals surface area contributed by atoms with E-state index in [0.29, 0.717) is 28.6 Å². The fourth-order valence-electron chi connectivity index (χ4n) is 2.43. The van der Waals surface area contributed by atoms with Gasteiger partial charge in [-0.05, 0) is 31.2 Å². The molecule has 0 bridgehead atoms. The zero-order chi connectivity index (χ0) is 19.9. The summed E-state index contributed by atoms with van der Waals surface area (Å²) in [6, 6.07) is 12.7. The standard InChI is InChI=1S/C20H21N3O5/c1-13-4-6-14(7-5-13)27-12-18(24)21-11-19-22-20(23-28-19)16-9-8-15(25-2)10-17(16)26-3/h4-10H,11-12H2,1-3H3,(H,21,24). The van der Waals surface area contributed by atoms with Crippen molar-refractivity contribution in [3.63, 3.8) is 0 Å². The number of amides is 1. The van der Waals surface area contributed by atoms with Gasteiger partial charge in [-0.1, -0.05) is 22.9 Å². The molecule has 1 N–H and O–H groups in total. The number of nitrogens with zero attached hydrogens (tertiary/aromatic N) is 2. The molecule has 0 aliphatic carbocycles. The fraction of sp³-hybridized carbons (Fsp3) is 0.250. The summed E-state index contributed by atoms with van der Waals surface area (Å²) in [7, 11) is 3.12. The van der Waals surface area contributed by atoms with E-state index in [4.69, 9.17) is 18.7 Å². The maximum atomic E-state index is 11.9. The van der Waals surface area contributed by atoms with Crippen LogP contribution in [-0.4, -0.2) is 36.9 Å². The van der Waals surface area contributed by atoms with Gasteiger partial charge >= 0.3 is 0 Å². The molecule has 3 rings (SSSR count). The van der Waals surface area contributed by atoms with Crippen molar-refractivity contribution >= 4 is 5.91 Å². The third kappa shape index (κ3) is 4.79. The van der Waals surface area contributed by atoms with Crippen LogP contribution in [0.4, 0.5) is 0 Å². The molecule has 1 aromatic heterocycles. The largest absolute Gasteiger partial charge is 0.497 e. The van der Waals surface area contributed by atoms with Crippen LogP contribution in [0.1, 0.15) is 11.5 Å². The first-order valence-corrected chi connectivity index (χ1v) is 8.60. The molecular formula is C20H21N3O5. The SMILES string of the molecule is COc1ccc(-c2noc(CNC(=O)COc3ccc(C)cc3)n2)c(OC)c1. The molecule has 0 aliphatic rings. The Bertz CT molecular complexity index is 937. The minimum Gasteiger partial charge on any atom is -0.497 e. The molecule has 0 spiro atoms. The smallest absolute Gasteiger partial charge is 0.258 e. The molecule has 146 valence electrons. The molecule has 0 unspecified atom stereocenters. The highest BCUT2D eigenvalue weighted by Gasteiger charge is 2.15. The van der Waals surface area contributed by atoms with Crippen molar-refractivity contribution in [3.05, 3.63) is 53.9 Å². The molecule has 8 heteroatoms. The molecule has 8 nitrogen and oxygen atoms in total. The number of methoxy groups -OCH3 is 2. The summed E-state index contributed by atoms with van der Waals surface area (Å²) >= 11 is 0. The monoisotopic (exact) mass is 383 g/mol. The average Bonchev–Trinajstić information content (AvgIpc) is 3.20. The van der Waals surface area contributed by atoms with Crippen molar-refractivity contribution in [2.75, 3.05) is 20.8 Å². The van der Waals surface area contributed by atoms with Crippen LogP contribution in [0.25, 0.3) is 11.4 Å². The first-order chi connectivity index (χ1) is 13.6. The van der Waals surface area contributed by atoms with Crippen LogP contribution in [0.3, 0.4) is 0 Å². The summed E-state index contributed by atoms with van der Waals surface area (Å²) in [5, 5.41) is 6.62. The molecule has 0 saturated heterocycles. The molecule has 0 aliphatic heterocycles. The summed E-state index contributed by atoms with van der Waals surface area (Å²) in [6.45, 7) is 1.98. The second-order valence-corrected chi connectivity index (χ2v) is 5.96. The first kappa shape index (κ1) is 19.2. The van der Waals surface area contributed by atoms with Crippen LogP contribution in [0.5, 0.6) is 17.2 Å². The van der Waals surface area contributed by atoms with Crippen molar-refractivity contribution in [2.24, 2.45) is 0 Å². The molecule has 0 saturated carbocycles. The predicted molar refractivity (Wildman–Crippen MR) is 101 cm³/mol. The second kappa shape index (κ2) is 8.90. The number of nitrogens with one attached hydrogen (secondary N) is 1.